The van der Waals surface area contributed by atoms with E-state index >= 15 is 0 Å². The molecule has 1 unspecified atom stereocenters. The van der Waals surface area contributed by atoms with Gasteiger partial charge in [-0.25, -0.2) is 9.97 Å². The summed E-state index contributed by atoms with van der Waals surface area (Å²) in [6, 6.07) is 9.98. The normalized spacial score (nSPS) is 18.4. The molecule has 5 rings (SSSR count). The van der Waals surface area contributed by atoms with Crippen molar-refractivity contribution >= 4 is 16.7 Å². The molecule has 7 nitrogen and oxygen atoms in total. The predicted molar refractivity (Wildman–Crippen MR) is 119 cm³/mol. The lowest BCUT2D eigenvalue weighted by molar-refractivity contribution is -0.119. The Bertz CT molecular complexity index is 1190. The second-order valence-electron chi connectivity index (χ2n) is 8.78. The Balaban J connectivity index is 1.41. The first-order chi connectivity index (χ1) is 15.6. The standard InChI is InChI=1S/C25H25N5O2/c26-12-23(30-7-5-21(31)6-8-30)20-9-19(13-27-14-20)17-3-4-18-15-28-25(29-22(18)10-17)11-24(32)16-1-2-16/h3-4,9-10,13-16,21,23,31H,1-2,5-8,11H2. The second-order valence-corrected chi connectivity index (χ2v) is 8.78. The van der Waals surface area contributed by atoms with Gasteiger partial charge in [0.15, 0.2) is 0 Å². The highest BCUT2D eigenvalue weighted by Crippen LogP contribution is 2.31. The molecule has 0 radical (unpaired) electrons. The van der Waals surface area contributed by atoms with E-state index in [9.17, 15) is 15.2 Å². The highest BCUT2D eigenvalue weighted by Gasteiger charge is 2.30. The highest BCUT2D eigenvalue weighted by atomic mass is 16.3. The molecular formula is C25H25N5O2. The minimum atomic E-state index is -0.391. The van der Waals surface area contributed by atoms with Gasteiger partial charge < -0.3 is 5.11 Å². The number of carbonyl (C=O) groups excluding carboxylic acids is 1. The Hall–Kier alpha value is -3.21. The van der Waals surface area contributed by atoms with Crippen molar-refractivity contribution in [1.29, 1.82) is 5.26 Å². The molecule has 32 heavy (non-hydrogen) atoms. The van der Waals surface area contributed by atoms with Crippen molar-refractivity contribution in [3.05, 3.63) is 54.2 Å². The highest BCUT2D eigenvalue weighted by molar-refractivity contribution is 5.86. The van der Waals surface area contributed by atoms with Crippen LogP contribution in [-0.4, -0.2) is 49.9 Å². The van der Waals surface area contributed by atoms with Gasteiger partial charge in [0.1, 0.15) is 17.6 Å². The zero-order valence-electron chi connectivity index (χ0n) is 17.8. The minimum absolute atomic E-state index is 0.200. The van der Waals surface area contributed by atoms with Gasteiger partial charge in [-0.05, 0) is 43.4 Å². The predicted octanol–water partition coefficient (Wildman–Crippen LogP) is 3.23. The number of hydrogen-bond donors (Lipinski definition) is 1. The van der Waals surface area contributed by atoms with Crippen molar-refractivity contribution in [2.24, 2.45) is 5.92 Å². The summed E-state index contributed by atoms with van der Waals surface area (Å²) in [5.74, 6) is 0.992. The van der Waals surface area contributed by atoms with Gasteiger partial charge in [-0.3, -0.25) is 14.7 Å². The summed E-state index contributed by atoms with van der Waals surface area (Å²) in [5.41, 5.74) is 3.51. The van der Waals surface area contributed by atoms with Crippen LogP contribution < -0.4 is 0 Å². The average Bonchev–Trinajstić information content (AvgIpc) is 3.66. The number of rotatable bonds is 6. The molecule has 3 heterocycles. The number of aliphatic hydroxyl groups is 1. The van der Waals surface area contributed by atoms with Crippen LogP contribution in [0, 0.1) is 17.2 Å². The zero-order valence-corrected chi connectivity index (χ0v) is 17.8. The molecule has 1 aliphatic heterocycles. The monoisotopic (exact) mass is 427 g/mol. The maximum atomic E-state index is 12.1. The molecule has 3 aromatic rings. The summed E-state index contributed by atoms with van der Waals surface area (Å²) in [6.07, 6.45) is 8.65. The van der Waals surface area contributed by atoms with E-state index in [1.165, 1.54) is 0 Å². The van der Waals surface area contributed by atoms with E-state index in [1.54, 1.807) is 18.6 Å². The smallest absolute Gasteiger partial charge is 0.143 e. The number of likely N-dealkylation sites (tertiary alicyclic amines) is 1. The fourth-order valence-corrected chi connectivity index (χ4v) is 4.31. The summed E-state index contributed by atoms with van der Waals surface area (Å²) in [5, 5.41) is 20.5. The number of aliphatic hydroxyl groups excluding tert-OH is 1. The Morgan fingerprint density at radius 3 is 2.69 bits per heavy atom. The molecule has 1 N–H and O–H groups in total. The molecule has 0 spiro atoms. The molecule has 0 amide bonds. The number of carbonyl (C=O) groups is 1. The third-order valence-corrected chi connectivity index (χ3v) is 6.39. The third-order valence-electron chi connectivity index (χ3n) is 6.39. The van der Waals surface area contributed by atoms with Gasteiger partial charge in [0.05, 0.1) is 24.1 Å². The molecule has 1 saturated heterocycles. The SMILES string of the molecule is N#CC(c1cncc(-c2ccc3cnc(CC(=O)C4CC4)nc3c2)c1)N1CCC(O)CC1. The molecule has 7 heteroatoms. The molecule has 1 saturated carbocycles. The van der Waals surface area contributed by atoms with Gasteiger partial charge in [0, 0.05) is 54.1 Å². The lowest BCUT2D eigenvalue weighted by Crippen LogP contribution is -2.38. The average molecular weight is 428 g/mol. The Labute approximate surface area is 186 Å². The molecule has 162 valence electrons. The van der Waals surface area contributed by atoms with E-state index in [4.69, 9.17) is 0 Å². The zero-order chi connectivity index (χ0) is 22.1. The molecule has 1 aliphatic carbocycles. The van der Waals surface area contributed by atoms with Crippen LogP contribution in [-0.2, 0) is 11.2 Å². The first-order valence-electron chi connectivity index (χ1n) is 11.2. The molecule has 1 aromatic carbocycles. The molecule has 2 aliphatic rings. The van der Waals surface area contributed by atoms with E-state index in [0.29, 0.717) is 31.8 Å². The number of hydrogen-bond acceptors (Lipinski definition) is 7. The Kier molecular flexibility index (Phi) is 5.64. The topological polar surface area (TPSA) is 103 Å². The van der Waals surface area contributed by atoms with Gasteiger partial charge >= 0.3 is 0 Å². The molecule has 2 fully saturated rings. The summed E-state index contributed by atoms with van der Waals surface area (Å²) >= 11 is 0. The Morgan fingerprint density at radius 1 is 1.12 bits per heavy atom. The van der Waals surface area contributed by atoms with Crippen LogP contribution in [0.2, 0.25) is 0 Å². The molecule has 1 atom stereocenters. The van der Waals surface area contributed by atoms with Crippen LogP contribution in [0.1, 0.15) is 43.1 Å². The maximum absolute atomic E-state index is 12.1. The quantitative estimate of drug-likeness (QED) is 0.644. The number of nitrogens with zero attached hydrogens (tertiary/aromatic N) is 5. The van der Waals surface area contributed by atoms with E-state index in [0.717, 1.165) is 40.4 Å². The number of aromatic nitrogens is 3. The van der Waals surface area contributed by atoms with Crippen LogP contribution in [0.5, 0.6) is 0 Å². The summed E-state index contributed by atoms with van der Waals surface area (Å²) in [4.78, 5) is 27.6. The van der Waals surface area contributed by atoms with Crippen molar-refractivity contribution in [2.75, 3.05) is 13.1 Å². The third kappa shape index (κ3) is 4.38. The van der Waals surface area contributed by atoms with Crippen molar-refractivity contribution in [3.8, 4) is 17.2 Å². The van der Waals surface area contributed by atoms with Crippen molar-refractivity contribution in [2.45, 2.75) is 44.2 Å². The van der Waals surface area contributed by atoms with Crippen LogP contribution in [0.4, 0.5) is 0 Å². The van der Waals surface area contributed by atoms with Crippen LogP contribution in [0.3, 0.4) is 0 Å². The fraction of sp³-hybridized carbons (Fsp3) is 0.400. The fourth-order valence-electron chi connectivity index (χ4n) is 4.31. The van der Waals surface area contributed by atoms with Crippen LogP contribution >= 0.6 is 0 Å². The van der Waals surface area contributed by atoms with Crippen molar-refractivity contribution in [1.82, 2.24) is 19.9 Å². The van der Waals surface area contributed by atoms with Crippen LogP contribution in [0.25, 0.3) is 22.0 Å². The number of Topliss-reactive ketones (excluding diaryl/α,β-unsaturated/α-hetero) is 1. The van der Waals surface area contributed by atoms with Gasteiger partial charge in [-0.1, -0.05) is 12.1 Å². The lowest BCUT2D eigenvalue weighted by atomic mass is 9.99. The number of pyridine rings is 1. The van der Waals surface area contributed by atoms with Gasteiger partial charge in [0.2, 0.25) is 0 Å². The van der Waals surface area contributed by atoms with E-state index in [-0.39, 0.29) is 24.2 Å². The number of ketones is 1. The van der Waals surface area contributed by atoms with Gasteiger partial charge in [0.25, 0.3) is 0 Å². The Morgan fingerprint density at radius 2 is 1.94 bits per heavy atom. The summed E-state index contributed by atoms with van der Waals surface area (Å²) in [6.45, 7) is 1.39. The van der Waals surface area contributed by atoms with E-state index < -0.39 is 6.04 Å². The van der Waals surface area contributed by atoms with Gasteiger partial charge in [-0.15, -0.1) is 0 Å². The summed E-state index contributed by atoms with van der Waals surface area (Å²) < 4.78 is 0. The number of benzene rings is 1. The van der Waals surface area contributed by atoms with Gasteiger partial charge in [-0.2, -0.15) is 5.26 Å². The minimum Gasteiger partial charge on any atom is -0.393 e. The van der Waals surface area contributed by atoms with E-state index in [2.05, 4.69) is 25.9 Å². The molecule has 2 aromatic heterocycles. The number of fused-ring (bicyclic) bond motifs is 1. The van der Waals surface area contributed by atoms with Crippen LogP contribution in [0.15, 0.2) is 42.9 Å². The lowest BCUT2D eigenvalue weighted by Gasteiger charge is -2.32. The summed E-state index contributed by atoms with van der Waals surface area (Å²) in [7, 11) is 0. The van der Waals surface area contributed by atoms with E-state index in [1.807, 2.05) is 24.3 Å². The first-order valence-corrected chi connectivity index (χ1v) is 11.2. The van der Waals surface area contributed by atoms with Crippen molar-refractivity contribution < 1.29 is 9.90 Å². The maximum Gasteiger partial charge on any atom is 0.143 e. The molecular weight excluding hydrogens is 402 g/mol. The second kappa shape index (κ2) is 8.73. The number of piperidine rings is 1. The molecule has 0 bridgehead atoms. The first kappa shape index (κ1) is 20.7. The van der Waals surface area contributed by atoms with Crippen molar-refractivity contribution in [3.63, 3.8) is 0 Å². The number of nitriles is 1. The largest absolute Gasteiger partial charge is 0.393 e.